The van der Waals surface area contributed by atoms with Crippen molar-refractivity contribution < 1.29 is 14.7 Å². The fourth-order valence-corrected chi connectivity index (χ4v) is 2.15. The zero-order chi connectivity index (χ0) is 12.2. The number of hydrogen-bond donors (Lipinski definition) is 2. The molecule has 1 amide bonds. The molecule has 0 spiro atoms. The van der Waals surface area contributed by atoms with Gasteiger partial charge >= 0.3 is 5.97 Å². The number of carbonyl (C=O) groups is 2. The van der Waals surface area contributed by atoms with Crippen molar-refractivity contribution in [3.8, 4) is 0 Å². The Morgan fingerprint density at radius 3 is 2.38 bits per heavy atom. The van der Waals surface area contributed by atoms with Crippen LogP contribution in [0.1, 0.15) is 52.4 Å². The van der Waals surface area contributed by atoms with Crippen molar-refractivity contribution in [2.75, 3.05) is 0 Å². The smallest absolute Gasteiger partial charge is 0.329 e. The summed E-state index contributed by atoms with van der Waals surface area (Å²) < 4.78 is 0. The Bertz CT molecular complexity index is 269. The van der Waals surface area contributed by atoms with Gasteiger partial charge in [0.15, 0.2) is 0 Å². The van der Waals surface area contributed by atoms with Crippen LogP contribution in [-0.2, 0) is 9.59 Å². The fourth-order valence-electron chi connectivity index (χ4n) is 2.15. The molecule has 1 fully saturated rings. The lowest BCUT2D eigenvalue weighted by molar-refractivity contribution is -0.147. The Balaban J connectivity index is 2.56. The summed E-state index contributed by atoms with van der Waals surface area (Å²) in [5, 5.41) is 11.9. The molecule has 0 aromatic heterocycles. The molecule has 0 aromatic rings. The quantitative estimate of drug-likeness (QED) is 0.754. The van der Waals surface area contributed by atoms with Crippen LogP contribution in [0.4, 0.5) is 0 Å². The van der Waals surface area contributed by atoms with Crippen molar-refractivity contribution in [1.29, 1.82) is 0 Å². The van der Waals surface area contributed by atoms with Crippen LogP contribution in [-0.4, -0.2) is 22.5 Å². The number of hydrogen-bond acceptors (Lipinski definition) is 2. The topological polar surface area (TPSA) is 66.4 Å². The van der Waals surface area contributed by atoms with Crippen molar-refractivity contribution in [2.45, 2.75) is 57.9 Å². The minimum atomic E-state index is -0.982. The normalized spacial score (nSPS) is 20.4. The van der Waals surface area contributed by atoms with Crippen molar-refractivity contribution >= 4 is 11.9 Å². The molecule has 1 atom stereocenters. The van der Waals surface area contributed by atoms with Crippen LogP contribution in [0.3, 0.4) is 0 Å². The maximum absolute atomic E-state index is 11.7. The van der Waals surface area contributed by atoms with Crippen LogP contribution in [0.15, 0.2) is 0 Å². The Labute approximate surface area is 96.4 Å². The third-order valence-electron chi connectivity index (χ3n) is 3.48. The number of rotatable bonds is 5. The third-order valence-corrected chi connectivity index (χ3v) is 3.48. The summed E-state index contributed by atoms with van der Waals surface area (Å²) in [6.45, 7) is 4.03. The van der Waals surface area contributed by atoms with E-state index >= 15 is 0 Å². The van der Waals surface area contributed by atoms with E-state index in [9.17, 15) is 14.7 Å². The average Bonchev–Trinajstić information content (AvgIpc) is 2.67. The third kappa shape index (κ3) is 2.97. The van der Waals surface area contributed by atoms with Crippen molar-refractivity contribution in [3.63, 3.8) is 0 Å². The van der Waals surface area contributed by atoms with Gasteiger partial charge in [-0.25, -0.2) is 4.79 Å². The number of carboxylic acids is 1. The van der Waals surface area contributed by atoms with E-state index in [0.717, 1.165) is 19.3 Å². The van der Waals surface area contributed by atoms with Crippen molar-refractivity contribution in [2.24, 2.45) is 5.92 Å². The predicted octanol–water partition coefficient (Wildman–Crippen LogP) is 1.94. The van der Waals surface area contributed by atoms with Gasteiger partial charge in [0.1, 0.15) is 5.54 Å². The van der Waals surface area contributed by atoms with Gasteiger partial charge in [-0.05, 0) is 18.8 Å². The van der Waals surface area contributed by atoms with Gasteiger partial charge in [0, 0.05) is 6.42 Å². The van der Waals surface area contributed by atoms with E-state index in [1.807, 2.05) is 13.8 Å². The summed E-state index contributed by atoms with van der Waals surface area (Å²) in [6, 6.07) is 0. The second kappa shape index (κ2) is 5.32. The monoisotopic (exact) mass is 227 g/mol. The SMILES string of the molecule is CCC(C)CC(=O)NC1(C(=O)O)CCCC1. The van der Waals surface area contributed by atoms with Crippen LogP contribution in [0.5, 0.6) is 0 Å². The van der Waals surface area contributed by atoms with Gasteiger partial charge in [-0.2, -0.15) is 0 Å². The Hall–Kier alpha value is -1.06. The van der Waals surface area contributed by atoms with Gasteiger partial charge < -0.3 is 10.4 Å². The highest BCUT2D eigenvalue weighted by atomic mass is 16.4. The van der Waals surface area contributed by atoms with E-state index in [0.29, 0.717) is 25.2 Å². The molecule has 1 aliphatic rings. The molecule has 16 heavy (non-hydrogen) atoms. The first-order valence-corrected chi connectivity index (χ1v) is 6.04. The summed E-state index contributed by atoms with van der Waals surface area (Å²) in [5.74, 6) is -0.701. The second-order valence-corrected chi connectivity index (χ2v) is 4.86. The molecule has 1 rings (SSSR count). The second-order valence-electron chi connectivity index (χ2n) is 4.86. The lowest BCUT2D eigenvalue weighted by Gasteiger charge is -2.25. The highest BCUT2D eigenvalue weighted by Crippen LogP contribution is 2.30. The first-order chi connectivity index (χ1) is 7.50. The van der Waals surface area contributed by atoms with E-state index in [2.05, 4.69) is 5.32 Å². The number of carboxylic acid groups (broad SMARTS) is 1. The first kappa shape index (κ1) is 13.0. The minimum Gasteiger partial charge on any atom is -0.480 e. The fraction of sp³-hybridized carbons (Fsp3) is 0.833. The largest absolute Gasteiger partial charge is 0.480 e. The molecule has 0 bridgehead atoms. The molecular formula is C12H21NO3. The Morgan fingerprint density at radius 2 is 1.94 bits per heavy atom. The summed E-state index contributed by atoms with van der Waals surface area (Å²) in [5.41, 5.74) is -0.982. The number of nitrogens with one attached hydrogen (secondary N) is 1. The molecule has 4 heteroatoms. The van der Waals surface area contributed by atoms with Crippen molar-refractivity contribution in [3.05, 3.63) is 0 Å². The molecule has 4 nitrogen and oxygen atoms in total. The highest BCUT2D eigenvalue weighted by Gasteiger charge is 2.42. The molecule has 0 saturated heterocycles. The molecule has 2 N–H and O–H groups in total. The number of aliphatic carboxylic acids is 1. The van der Waals surface area contributed by atoms with E-state index in [-0.39, 0.29) is 5.91 Å². The van der Waals surface area contributed by atoms with Gasteiger partial charge in [-0.1, -0.05) is 33.1 Å². The molecule has 0 aromatic carbocycles. The molecule has 0 aliphatic heterocycles. The van der Waals surface area contributed by atoms with Crippen LogP contribution < -0.4 is 5.32 Å². The summed E-state index contributed by atoms with van der Waals surface area (Å²) in [4.78, 5) is 22.9. The van der Waals surface area contributed by atoms with E-state index in [4.69, 9.17) is 0 Å². The highest BCUT2D eigenvalue weighted by molar-refractivity contribution is 5.87. The molecule has 1 saturated carbocycles. The maximum atomic E-state index is 11.7. The van der Waals surface area contributed by atoms with Crippen LogP contribution >= 0.6 is 0 Å². The maximum Gasteiger partial charge on any atom is 0.329 e. The average molecular weight is 227 g/mol. The van der Waals surface area contributed by atoms with Gasteiger partial charge in [0.2, 0.25) is 5.91 Å². The number of amides is 1. The zero-order valence-corrected chi connectivity index (χ0v) is 10.1. The summed E-state index contributed by atoms with van der Waals surface area (Å²) >= 11 is 0. The standard InChI is InChI=1S/C12H21NO3/c1-3-9(2)8-10(14)13-12(11(15)16)6-4-5-7-12/h9H,3-8H2,1-2H3,(H,13,14)(H,15,16). The molecule has 0 radical (unpaired) electrons. The van der Waals surface area contributed by atoms with Gasteiger partial charge in [-0.15, -0.1) is 0 Å². The Morgan fingerprint density at radius 1 is 1.38 bits per heavy atom. The summed E-state index contributed by atoms with van der Waals surface area (Å²) in [7, 11) is 0. The van der Waals surface area contributed by atoms with Gasteiger partial charge in [-0.3, -0.25) is 4.79 Å². The lowest BCUT2D eigenvalue weighted by Crippen LogP contribution is -2.52. The molecule has 1 aliphatic carbocycles. The van der Waals surface area contributed by atoms with Crippen LogP contribution in [0.25, 0.3) is 0 Å². The predicted molar refractivity (Wildman–Crippen MR) is 61.0 cm³/mol. The zero-order valence-electron chi connectivity index (χ0n) is 10.1. The van der Waals surface area contributed by atoms with Crippen LogP contribution in [0, 0.1) is 5.92 Å². The van der Waals surface area contributed by atoms with Gasteiger partial charge in [0.25, 0.3) is 0 Å². The van der Waals surface area contributed by atoms with Crippen molar-refractivity contribution in [1.82, 2.24) is 5.32 Å². The Kier molecular flexibility index (Phi) is 4.33. The first-order valence-electron chi connectivity index (χ1n) is 6.04. The number of carbonyl (C=O) groups excluding carboxylic acids is 1. The van der Waals surface area contributed by atoms with Crippen LogP contribution in [0.2, 0.25) is 0 Å². The molecule has 1 unspecified atom stereocenters. The summed E-state index contributed by atoms with van der Waals surface area (Å²) in [6.07, 6.45) is 4.26. The molecular weight excluding hydrogens is 206 g/mol. The van der Waals surface area contributed by atoms with E-state index in [1.54, 1.807) is 0 Å². The molecule has 92 valence electrons. The van der Waals surface area contributed by atoms with E-state index < -0.39 is 11.5 Å². The van der Waals surface area contributed by atoms with Gasteiger partial charge in [0.05, 0.1) is 0 Å². The minimum absolute atomic E-state index is 0.126. The lowest BCUT2D eigenvalue weighted by atomic mass is 9.96. The van der Waals surface area contributed by atoms with E-state index in [1.165, 1.54) is 0 Å². The molecule has 0 heterocycles.